The molecule has 120 valence electrons. The Morgan fingerprint density at radius 1 is 1.00 bits per heavy atom. The van der Waals surface area contributed by atoms with Gasteiger partial charge in [-0.15, -0.1) is 13.2 Å². The summed E-state index contributed by atoms with van der Waals surface area (Å²) in [5.74, 6) is -6.22. The summed E-state index contributed by atoms with van der Waals surface area (Å²) in [4.78, 5) is 0. The first-order chi connectivity index (χ1) is 9.25. The van der Waals surface area contributed by atoms with Crippen molar-refractivity contribution in [3.05, 3.63) is 28.8 Å². The minimum Gasteiger partial charge on any atom is -0.404 e. The summed E-state index contributed by atoms with van der Waals surface area (Å²) in [6.07, 6.45) is -11.0. The van der Waals surface area contributed by atoms with Crippen molar-refractivity contribution in [2.75, 3.05) is 0 Å². The molecule has 2 N–H and O–H groups in total. The van der Waals surface area contributed by atoms with Crippen molar-refractivity contribution in [3.8, 4) is 5.75 Å². The monoisotopic (exact) mass is 343 g/mol. The molecule has 0 heterocycles. The van der Waals surface area contributed by atoms with E-state index in [-0.39, 0.29) is 0 Å². The molecule has 0 unspecified atom stereocenters. The molecule has 0 amide bonds. The summed E-state index contributed by atoms with van der Waals surface area (Å²) in [7, 11) is 0. The van der Waals surface area contributed by atoms with E-state index in [1.54, 1.807) is 0 Å². The Kier molecular flexibility index (Phi) is 4.64. The third-order valence-electron chi connectivity index (χ3n) is 2.31. The summed E-state index contributed by atoms with van der Waals surface area (Å²) < 4.78 is 102. The molecule has 0 saturated carbocycles. The quantitative estimate of drug-likeness (QED) is 0.824. The average Bonchev–Trinajstić information content (AvgIpc) is 2.27. The van der Waals surface area contributed by atoms with E-state index in [0.717, 1.165) is 0 Å². The normalized spacial score (nSPS) is 15.0. The summed E-state index contributed by atoms with van der Waals surface area (Å²) in [6.45, 7) is 0. The van der Waals surface area contributed by atoms with Gasteiger partial charge in [-0.05, 0) is 17.7 Å². The highest BCUT2D eigenvalue weighted by atomic mass is 35.5. The zero-order valence-corrected chi connectivity index (χ0v) is 10.5. The molecule has 0 radical (unpaired) electrons. The Balaban J connectivity index is 3.09. The van der Waals surface area contributed by atoms with E-state index in [1.165, 1.54) is 0 Å². The second-order valence-corrected chi connectivity index (χ2v) is 4.24. The average molecular weight is 344 g/mol. The van der Waals surface area contributed by atoms with Crippen LogP contribution in [0.25, 0.3) is 0 Å². The van der Waals surface area contributed by atoms with E-state index in [0.29, 0.717) is 18.2 Å². The van der Waals surface area contributed by atoms with Crippen LogP contribution in [0.4, 0.5) is 35.1 Å². The maximum atomic E-state index is 13.0. The van der Waals surface area contributed by atoms with Gasteiger partial charge >= 0.3 is 18.5 Å². The van der Waals surface area contributed by atoms with Crippen molar-refractivity contribution in [2.24, 2.45) is 5.73 Å². The molecule has 1 aromatic carbocycles. The molecule has 0 aromatic heterocycles. The Labute approximate surface area is 117 Å². The summed E-state index contributed by atoms with van der Waals surface area (Å²) in [5, 5.41) is -0.807. The number of benzene rings is 1. The van der Waals surface area contributed by atoms with Crippen molar-refractivity contribution in [2.45, 2.75) is 24.5 Å². The largest absolute Gasteiger partial charge is 0.573 e. The predicted molar refractivity (Wildman–Crippen MR) is 56.1 cm³/mol. The molecule has 0 fully saturated rings. The van der Waals surface area contributed by atoms with Crippen LogP contribution >= 0.6 is 11.6 Å². The zero-order chi connectivity index (χ0) is 16.6. The lowest BCUT2D eigenvalue weighted by molar-refractivity contribution is -0.291. The van der Waals surface area contributed by atoms with Crippen LogP contribution in [-0.2, 0) is 0 Å². The molecule has 1 rings (SSSR count). The smallest absolute Gasteiger partial charge is 0.404 e. The molecular weight excluding hydrogens is 338 g/mol. The van der Waals surface area contributed by atoms with Gasteiger partial charge < -0.3 is 10.5 Å². The van der Waals surface area contributed by atoms with Gasteiger partial charge in [-0.1, -0.05) is 17.7 Å². The van der Waals surface area contributed by atoms with Crippen LogP contribution in [0.1, 0.15) is 11.6 Å². The number of halogens is 9. The summed E-state index contributed by atoms with van der Waals surface area (Å²) in [5.41, 5.74) is 4.02. The standard InChI is InChI=1S/C10H6ClF8NO/c11-5-3-4(1-2-6(5)21-10(17,18)19)7(20)8(12,13)9(14,15)16/h1-3,7H,20H2/t7-/m0/s1. The Hall–Kier alpha value is -1.29. The van der Waals surface area contributed by atoms with E-state index in [1.807, 2.05) is 0 Å². The zero-order valence-electron chi connectivity index (χ0n) is 9.70. The lowest BCUT2D eigenvalue weighted by Gasteiger charge is -2.26. The lowest BCUT2D eigenvalue weighted by Crippen LogP contribution is -2.45. The minimum absolute atomic E-state index is 0.451. The highest BCUT2D eigenvalue weighted by Crippen LogP contribution is 2.44. The molecule has 1 atom stereocenters. The Bertz CT molecular complexity index is 513. The fraction of sp³-hybridized carbons (Fsp3) is 0.400. The molecule has 1 aromatic rings. The molecular formula is C10H6ClF8NO. The summed E-state index contributed by atoms with van der Waals surface area (Å²) >= 11 is 5.34. The van der Waals surface area contributed by atoms with Crippen LogP contribution in [0, 0.1) is 0 Å². The number of alkyl halides is 8. The van der Waals surface area contributed by atoms with Gasteiger partial charge in [0.25, 0.3) is 0 Å². The van der Waals surface area contributed by atoms with Crippen molar-refractivity contribution in [3.63, 3.8) is 0 Å². The maximum absolute atomic E-state index is 13.0. The molecule has 0 aliphatic rings. The lowest BCUT2D eigenvalue weighted by atomic mass is 10.0. The van der Waals surface area contributed by atoms with Gasteiger partial charge in [-0.3, -0.25) is 0 Å². The Morgan fingerprint density at radius 3 is 1.90 bits per heavy atom. The third kappa shape index (κ3) is 4.10. The minimum atomic E-state index is -5.92. The molecule has 0 bridgehead atoms. The van der Waals surface area contributed by atoms with Crippen LogP contribution in [0.15, 0.2) is 18.2 Å². The number of hydrogen-bond acceptors (Lipinski definition) is 2. The van der Waals surface area contributed by atoms with Crippen molar-refractivity contribution in [1.29, 1.82) is 0 Å². The molecule has 11 heteroatoms. The first kappa shape index (κ1) is 17.8. The third-order valence-corrected chi connectivity index (χ3v) is 2.60. The number of rotatable bonds is 3. The molecule has 21 heavy (non-hydrogen) atoms. The van der Waals surface area contributed by atoms with Gasteiger partial charge in [-0.25, -0.2) is 0 Å². The van der Waals surface area contributed by atoms with E-state index in [9.17, 15) is 35.1 Å². The predicted octanol–water partition coefficient (Wildman–Crippen LogP) is 4.44. The second-order valence-electron chi connectivity index (χ2n) is 3.84. The fourth-order valence-corrected chi connectivity index (χ4v) is 1.53. The summed E-state index contributed by atoms with van der Waals surface area (Å²) in [6, 6.07) is -1.34. The fourth-order valence-electron chi connectivity index (χ4n) is 1.30. The van der Waals surface area contributed by atoms with Crippen LogP contribution < -0.4 is 10.5 Å². The first-order valence-electron chi connectivity index (χ1n) is 5.01. The number of hydrogen-bond donors (Lipinski definition) is 1. The molecule has 0 saturated heterocycles. The van der Waals surface area contributed by atoms with Gasteiger partial charge in [0.15, 0.2) is 0 Å². The highest BCUT2D eigenvalue weighted by Gasteiger charge is 2.61. The molecule has 2 nitrogen and oxygen atoms in total. The van der Waals surface area contributed by atoms with Crippen molar-refractivity contribution >= 4 is 11.6 Å². The second kappa shape index (κ2) is 5.48. The number of nitrogens with two attached hydrogens (primary N) is 1. The van der Waals surface area contributed by atoms with Gasteiger partial charge in [0.05, 0.1) is 5.02 Å². The maximum Gasteiger partial charge on any atom is 0.573 e. The van der Waals surface area contributed by atoms with Gasteiger partial charge in [0, 0.05) is 0 Å². The van der Waals surface area contributed by atoms with Crippen LogP contribution in [-0.4, -0.2) is 18.5 Å². The number of ether oxygens (including phenoxy) is 1. The van der Waals surface area contributed by atoms with Crippen LogP contribution in [0.3, 0.4) is 0 Å². The van der Waals surface area contributed by atoms with E-state index in [4.69, 9.17) is 17.3 Å². The van der Waals surface area contributed by atoms with Crippen LogP contribution in [0.2, 0.25) is 5.02 Å². The first-order valence-corrected chi connectivity index (χ1v) is 5.39. The van der Waals surface area contributed by atoms with E-state index >= 15 is 0 Å². The molecule has 0 aliphatic heterocycles. The van der Waals surface area contributed by atoms with Gasteiger partial charge in [-0.2, -0.15) is 22.0 Å². The highest BCUT2D eigenvalue weighted by molar-refractivity contribution is 6.32. The van der Waals surface area contributed by atoms with Gasteiger partial charge in [0.1, 0.15) is 11.8 Å². The van der Waals surface area contributed by atoms with Crippen molar-refractivity contribution < 1.29 is 39.9 Å². The SMILES string of the molecule is N[C@@H](c1ccc(OC(F)(F)F)c(Cl)c1)C(F)(F)C(F)(F)F. The van der Waals surface area contributed by atoms with Gasteiger partial charge in [0.2, 0.25) is 0 Å². The van der Waals surface area contributed by atoms with Crippen molar-refractivity contribution in [1.82, 2.24) is 0 Å². The van der Waals surface area contributed by atoms with E-state index < -0.39 is 40.8 Å². The Morgan fingerprint density at radius 2 is 1.52 bits per heavy atom. The molecule has 0 spiro atoms. The molecule has 0 aliphatic carbocycles. The topological polar surface area (TPSA) is 35.2 Å². The van der Waals surface area contributed by atoms with Crippen LogP contribution in [0.5, 0.6) is 5.75 Å². The van der Waals surface area contributed by atoms with E-state index in [2.05, 4.69) is 4.74 Å².